The first kappa shape index (κ1) is 9.93. The first-order valence-corrected chi connectivity index (χ1v) is 5.24. The topological polar surface area (TPSA) is 3.24 Å². The average molecular weight is 246 g/mol. The molecule has 1 nitrogen and oxygen atoms in total. The van der Waals surface area contributed by atoms with Crippen molar-refractivity contribution in [2.75, 3.05) is 24.2 Å². The van der Waals surface area contributed by atoms with Crippen molar-refractivity contribution in [2.45, 2.75) is 0 Å². The SMILES string of the molecule is CN(CCS)c1cccc(Br)c1. The Labute approximate surface area is 87.3 Å². The van der Waals surface area contributed by atoms with Crippen LogP contribution in [-0.2, 0) is 0 Å². The summed E-state index contributed by atoms with van der Waals surface area (Å²) in [5, 5.41) is 0. The van der Waals surface area contributed by atoms with Crippen molar-refractivity contribution in [3.05, 3.63) is 28.7 Å². The van der Waals surface area contributed by atoms with Crippen LogP contribution in [0.4, 0.5) is 5.69 Å². The molecule has 3 heteroatoms. The fourth-order valence-corrected chi connectivity index (χ4v) is 1.68. The summed E-state index contributed by atoms with van der Waals surface area (Å²) in [6.45, 7) is 0.972. The summed E-state index contributed by atoms with van der Waals surface area (Å²) in [5.41, 5.74) is 1.22. The maximum Gasteiger partial charge on any atom is 0.0375 e. The van der Waals surface area contributed by atoms with Gasteiger partial charge in [-0.2, -0.15) is 12.6 Å². The monoisotopic (exact) mass is 245 g/mol. The summed E-state index contributed by atoms with van der Waals surface area (Å²) in [5.74, 6) is 0.878. The van der Waals surface area contributed by atoms with Gasteiger partial charge in [-0.15, -0.1) is 0 Å². The fourth-order valence-electron chi connectivity index (χ4n) is 0.993. The molecular weight excluding hydrogens is 234 g/mol. The van der Waals surface area contributed by atoms with Crippen LogP contribution in [-0.4, -0.2) is 19.3 Å². The molecule has 0 spiro atoms. The van der Waals surface area contributed by atoms with Crippen molar-refractivity contribution >= 4 is 34.2 Å². The third-order valence-corrected chi connectivity index (χ3v) is 2.38. The summed E-state index contributed by atoms with van der Waals surface area (Å²) < 4.78 is 1.12. The molecule has 12 heavy (non-hydrogen) atoms. The summed E-state index contributed by atoms with van der Waals surface area (Å²) in [6.07, 6.45) is 0. The smallest absolute Gasteiger partial charge is 0.0375 e. The highest BCUT2D eigenvalue weighted by molar-refractivity contribution is 9.10. The molecule has 0 N–H and O–H groups in total. The van der Waals surface area contributed by atoms with Crippen LogP contribution in [0.1, 0.15) is 0 Å². The summed E-state index contributed by atoms with van der Waals surface area (Å²) >= 11 is 7.62. The summed E-state index contributed by atoms with van der Waals surface area (Å²) in [7, 11) is 2.07. The predicted molar refractivity (Wildman–Crippen MR) is 61.3 cm³/mol. The number of benzene rings is 1. The second-order valence-corrected chi connectivity index (χ2v) is 3.99. The molecule has 0 aromatic heterocycles. The van der Waals surface area contributed by atoms with Crippen LogP contribution in [0.15, 0.2) is 28.7 Å². The number of nitrogens with zero attached hydrogens (tertiary/aromatic N) is 1. The Morgan fingerprint density at radius 3 is 2.83 bits per heavy atom. The van der Waals surface area contributed by atoms with Crippen LogP contribution in [0.2, 0.25) is 0 Å². The van der Waals surface area contributed by atoms with Crippen molar-refractivity contribution < 1.29 is 0 Å². The molecule has 66 valence electrons. The molecule has 0 fully saturated rings. The largest absolute Gasteiger partial charge is 0.374 e. The van der Waals surface area contributed by atoms with E-state index >= 15 is 0 Å². The second-order valence-electron chi connectivity index (χ2n) is 2.63. The maximum atomic E-state index is 4.18. The lowest BCUT2D eigenvalue weighted by Crippen LogP contribution is -2.19. The van der Waals surface area contributed by atoms with Crippen LogP contribution >= 0.6 is 28.6 Å². The zero-order valence-electron chi connectivity index (χ0n) is 7.00. The van der Waals surface area contributed by atoms with Gasteiger partial charge in [0.25, 0.3) is 0 Å². The standard InChI is InChI=1S/C9H12BrNS/c1-11(5-6-12)9-4-2-3-8(10)7-9/h2-4,7,12H,5-6H2,1H3. The van der Waals surface area contributed by atoms with E-state index in [9.17, 15) is 0 Å². The van der Waals surface area contributed by atoms with E-state index < -0.39 is 0 Å². The third-order valence-electron chi connectivity index (χ3n) is 1.68. The molecular formula is C9H12BrNS. The number of anilines is 1. The minimum Gasteiger partial charge on any atom is -0.374 e. The van der Waals surface area contributed by atoms with Gasteiger partial charge in [0.05, 0.1) is 0 Å². The quantitative estimate of drug-likeness (QED) is 0.802. The summed E-state index contributed by atoms with van der Waals surface area (Å²) in [4.78, 5) is 2.18. The van der Waals surface area contributed by atoms with E-state index in [-0.39, 0.29) is 0 Å². The fraction of sp³-hybridized carbons (Fsp3) is 0.333. The van der Waals surface area contributed by atoms with Gasteiger partial charge in [-0.3, -0.25) is 0 Å². The van der Waals surface area contributed by atoms with Crippen molar-refractivity contribution in [1.29, 1.82) is 0 Å². The van der Waals surface area contributed by atoms with Gasteiger partial charge in [-0.25, -0.2) is 0 Å². The van der Waals surface area contributed by atoms with Crippen molar-refractivity contribution in [3.63, 3.8) is 0 Å². The van der Waals surface area contributed by atoms with Gasteiger partial charge in [-0.1, -0.05) is 22.0 Å². The van der Waals surface area contributed by atoms with Gasteiger partial charge >= 0.3 is 0 Å². The molecule has 0 unspecified atom stereocenters. The van der Waals surface area contributed by atoms with Crippen LogP contribution in [0, 0.1) is 0 Å². The first-order chi connectivity index (χ1) is 5.74. The Morgan fingerprint density at radius 1 is 1.50 bits per heavy atom. The van der Waals surface area contributed by atoms with Gasteiger partial charge in [0.2, 0.25) is 0 Å². The van der Waals surface area contributed by atoms with Gasteiger partial charge in [0.15, 0.2) is 0 Å². The van der Waals surface area contributed by atoms with E-state index in [0.29, 0.717) is 0 Å². The molecule has 0 atom stereocenters. The maximum absolute atomic E-state index is 4.18. The van der Waals surface area contributed by atoms with Crippen LogP contribution < -0.4 is 4.90 Å². The Morgan fingerprint density at radius 2 is 2.25 bits per heavy atom. The molecule has 0 aliphatic carbocycles. The molecule has 1 aromatic rings. The molecule has 1 aromatic carbocycles. The Hall–Kier alpha value is -0.150. The van der Waals surface area contributed by atoms with E-state index in [0.717, 1.165) is 16.8 Å². The lowest BCUT2D eigenvalue weighted by Gasteiger charge is -2.17. The van der Waals surface area contributed by atoms with Gasteiger partial charge in [0.1, 0.15) is 0 Å². The van der Waals surface area contributed by atoms with E-state index in [1.807, 2.05) is 12.1 Å². The van der Waals surface area contributed by atoms with E-state index in [2.05, 4.69) is 52.6 Å². The van der Waals surface area contributed by atoms with Gasteiger partial charge in [-0.05, 0) is 18.2 Å². The number of hydrogen-bond donors (Lipinski definition) is 1. The van der Waals surface area contributed by atoms with Crippen LogP contribution in [0.3, 0.4) is 0 Å². The summed E-state index contributed by atoms with van der Waals surface area (Å²) in [6, 6.07) is 8.25. The molecule has 0 aliphatic rings. The molecule has 0 bridgehead atoms. The molecule has 0 heterocycles. The Kier molecular flexibility index (Phi) is 3.95. The van der Waals surface area contributed by atoms with Crippen molar-refractivity contribution in [2.24, 2.45) is 0 Å². The zero-order chi connectivity index (χ0) is 8.97. The second kappa shape index (κ2) is 4.77. The normalized spacial score (nSPS) is 9.92. The van der Waals surface area contributed by atoms with Gasteiger partial charge < -0.3 is 4.90 Å². The lowest BCUT2D eigenvalue weighted by molar-refractivity contribution is 0.979. The van der Waals surface area contributed by atoms with E-state index in [1.54, 1.807) is 0 Å². The number of halogens is 1. The number of rotatable bonds is 3. The van der Waals surface area contributed by atoms with Crippen molar-refractivity contribution in [3.8, 4) is 0 Å². The van der Waals surface area contributed by atoms with Crippen molar-refractivity contribution in [1.82, 2.24) is 0 Å². The van der Waals surface area contributed by atoms with E-state index in [4.69, 9.17) is 0 Å². The highest BCUT2D eigenvalue weighted by Gasteiger charge is 1.98. The van der Waals surface area contributed by atoms with Crippen LogP contribution in [0.5, 0.6) is 0 Å². The molecule has 0 saturated heterocycles. The number of thiol groups is 1. The average Bonchev–Trinajstić information content (AvgIpc) is 2.05. The van der Waals surface area contributed by atoms with Gasteiger partial charge in [0, 0.05) is 29.5 Å². The Balaban J connectivity index is 2.73. The molecule has 0 amide bonds. The highest BCUT2D eigenvalue weighted by atomic mass is 79.9. The van der Waals surface area contributed by atoms with Crippen LogP contribution in [0.25, 0.3) is 0 Å². The first-order valence-electron chi connectivity index (χ1n) is 3.81. The molecule has 0 aliphatic heterocycles. The molecule has 1 rings (SSSR count). The minimum absolute atomic E-state index is 0.878. The Bertz CT molecular complexity index is 252. The number of hydrogen-bond acceptors (Lipinski definition) is 2. The highest BCUT2D eigenvalue weighted by Crippen LogP contribution is 2.18. The third kappa shape index (κ3) is 2.72. The molecule has 0 radical (unpaired) electrons. The minimum atomic E-state index is 0.878. The lowest BCUT2D eigenvalue weighted by atomic mass is 10.3. The predicted octanol–water partition coefficient (Wildman–Crippen LogP) is 2.82. The molecule has 0 saturated carbocycles. The zero-order valence-corrected chi connectivity index (χ0v) is 9.48. The van der Waals surface area contributed by atoms with E-state index in [1.165, 1.54) is 5.69 Å².